The highest BCUT2D eigenvalue weighted by Crippen LogP contribution is 2.29. The van der Waals surface area contributed by atoms with Crippen LogP contribution in [-0.2, 0) is 0 Å². The zero-order valence-corrected chi connectivity index (χ0v) is 13.8. The van der Waals surface area contributed by atoms with Gasteiger partial charge in [0, 0.05) is 13.1 Å². The van der Waals surface area contributed by atoms with Gasteiger partial charge in [-0.05, 0) is 43.9 Å². The fourth-order valence-corrected chi connectivity index (χ4v) is 3.36. The van der Waals surface area contributed by atoms with Crippen molar-refractivity contribution in [3.05, 3.63) is 35.7 Å². The second kappa shape index (κ2) is 5.78. The second-order valence-corrected chi connectivity index (χ2v) is 6.48. The minimum absolute atomic E-state index is 0.00746. The molecule has 3 aromatic heterocycles. The molecule has 0 N–H and O–H groups in total. The molecule has 3 aromatic rings. The van der Waals surface area contributed by atoms with Crippen LogP contribution in [0.4, 0.5) is 0 Å². The number of carbonyl (C=O) groups is 1. The van der Waals surface area contributed by atoms with Gasteiger partial charge in [-0.2, -0.15) is 0 Å². The molecular formula is C18H19N3O3. The van der Waals surface area contributed by atoms with Crippen LogP contribution in [0.5, 0.6) is 0 Å². The monoisotopic (exact) mass is 325 g/mol. The lowest BCUT2D eigenvalue weighted by Gasteiger charge is -2.31. The van der Waals surface area contributed by atoms with Crippen molar-refractivity contribution in [1.82, 2.24) is 15.0 Å². The molecule has 0 saturated carbocycles. The highest BCUT2D eigenvalue weighted by atomic mass is 16.5. The minimum Gasteiger partial charge on any atom is -0.463 e. The van der Waals surface area contributed by atoms with Gasteiger partial charge in [-0.25, -0.2) is 4.98 Å². The Morgan fingerprint density at radius 1 is 1.42 bits per heavy atom. The molecule has 0 aromatic carbocycles. The summed E-state index contributed by atoms with van der Waals surface area (Å²) in [4.78, 5) is 19.5. The Bertz CT molecular complexity index is 882. The van der Waals surface area contributed by atoms with Gasteiger partial charge in [0.2, 0.25) is 0 Å². The lowest BCUT2D eigenvalue weighted by molar-refractivity contribution is 0.0685. The molecule has 0 spiro atoms. The molecule has 0 aliphatic carbocycles. The van der Waals surface area contributed by atoms with E-state index in [2.05, 4.69) is 17.1 Å². The molecule has 1 fully saturated rings. The predicted molar refractivity (Wildman–Crippen MR) is 88.5 cm³/mol. The summed E-state index contributed by atoms with van der Waals surface area (Å²) in [7, 11) is 0. The Hall–Kier alpha value is -2.63. The molecule has 1 aliphatic rings. The average Bonchev–Trinajstić information content (AvgIpc) is 3.24. The third kappa shape index (κ3) is 2.48. The fraction of sp³-hybridized carbons (Fsp3) is 0.389. The highest BCUT2D eigenvalue weighted by Gasteiger charge is 2.26. The number of likely N-dealkylation sites (tertiary alicyclic amines) is 1. The number of fused-ring (bicyclic) bond motifs is 1. The van der Waals surface area contributed by atoms with Crippen molar-refractivity contribution in [3.63, 3.8) is 0 Å². The lowest BCUT2D eigenvalue weighted by atomic mass is 9.99. The quantitative estimate of drug-likeness (QED) is 0.719. The molecule has 1 aliphatic heterocycles. The summed E-state index contributed by atoms with van der Waals surface area (Å²) in [6.07, 6.45) is 3.79. The molecule has 1 saturated heterocycles. The van der Waals surface area contributed by atoms with Gasteiger partial charge in [-0.15, -0.1) is 0 Å². The number of furan rings is 1. The number of carbonyl (C=O) groups excluding carboxylic acids is 1. The van der Waals surface area contributed by atoms with E-state index in [-0.39, 0.29) is 5.91 Å². The first-order valence-corrected chi connectivity index (χ1v) is 8.23. The van der Waals surface area contributed by atoms with E-state index in [0.29, 0.717) is 39.7 Å². The van der Waals surface area contributed by atoms with Gasteiger partial charge in [-0.3, -0.25) is 4.79 Å². The van der Waals surface area contributed by atoms with Crippen LogP contribution in [0.2, 0.25) is 0 Å². The minimum atomic E-state index is 0.00746. The van der Waals surface area contributed by atoms with Crippen LogP contribution in [0.15, 0.2) is 33.4 Å². The summed E-state index contributed by atoms with van der Waals surface area (Å²) in [5.41, 5.74) is 2.21. The van der Waals surface area contributed by atoms with Crippen LogP contribution in [-0.4, -0.2) is 34.0 Å². The lowest BCUT2D eigenvalue weighted by Crippen LogP contribution is -2.39. The van der Waals surface area contributed by atoms with E-state index < -0.39 is 0 Å². The van der Waals surface area contributed by atoms with E-state index >= 15 is 0 Å². The van der Waals surface area contributed by atoms with Crippen molar-refractivity contribution < 1.29 is 13.7 Å². The van der Waals surface area contributed by atoms with Crippen LogP contribution in [0, 0.1) is 12.8 Å². The van der Waals surface area contributed by atoms with E-state index in [0.717, 1.165) is 19.5 Å². The molecule has 4 heterocycles. The van der Waals surface area contributed by atoms with Gasteiger partial charge < -0.3 is 13.8 Å². The number of piperidine rings is 1. The van der Waals surface area contributed by atoms with Gasteiger partial charge in [-0.1, -0.05) is 12.1 Å². The van der Waals surface area contributed by atoms with E-state index in [4.69, 9.17) is 8.94 Å². The van der Waals surface area contributed by atoms with E-state index in [1.807, 2.05) is 17.9 Å². The summed E-state index contributed by atoms with van der Waals surface area (Å²) in [6, 6.07) is 5.39. The maximum absolute atomic E-state index is 13.1. The zero-order chi connectivity index (χ0) is 16.7. The van der Waals surface area contributed by atoms with Crippen molar-refractivity contribution in [2.45, 2.75) is 26.7 Å². The predicted octanol–water partition coefficient (Wildman–Crippen LogP) is 3.66. The summed E-state index contributed by atoms with van der Waals surface area (Å²) in [5.74, 6) is 1.13. The molecule has 0 bridgehead atoms. The Kier molecular flexibility index (Phi) is 3.59. The topological polar surface area (TPSA) is 72.4 Å². The normalized spacial score (nSPS) is 18.2. The Labute approximate surface area is 139 Å². The van der Waals surface area contributed by atoms with Crippen LogP contribution >= 0.6 is 0 Å². The van der Waals surface area contributed by atoms with Crippen molar-refractivity contribution in [2.75, 3.05) is 13.1 Å². The van der Waals surface area contributed by atoms with Crippen LogP contribution < -0.4 is 0 Å². The molecule has 1 atom stereocenters. The molecule has 1 amide bonds. The Morgan fingerprint density at radius 2 is 2.29 bits per heavy atom. The molecule has 4 rings (SSSR count). The number of aromatic nitrogens is 2. The molecular weight excluding hydrogens is 306 g/mol. The number of hydrogen-bond donors (Lipinski definition) is 0. The molecule has 0 radical (unpaired) electrons. The summed E-state index contributed by atoms with van der Waals surface area (Å²) < 4.78 is 10.7. The van der Waals surface area contributed by atoms with E-state index in [1.165, 1.54) is 6.42 Å². The first-order valence-electron chi connectivity index (χ1n) is 8.23. The van der Waals surface area contributed by atoms with Crippen LogP contribution in [0.3, 0.4) is 0 Å². The van der Waals surface area contributed by atoms with Gasteiger partial charge in [0.1, 0.15) is 5.69 Å². The standard InChI is InChI=1S/C18H19N3O3/c1-11-5-3-7-21(10-11)18(22)13-9-14(15-6-4-8-23-15)19-17-16(13)12(2)20-24-17/h4,6,8-9,11H,3,5,7,10H2,1-2H3. The second-order valence-electron chi connectivity index (χ2n) is 6.48. The Morgan fingerprint density at radius 3 is 3.04 bits per heavy atom. The summed E-state index contributed by atoms with van der Waals surface area (Å²) in [5, 5.41) is 4.67. The summed E-state index contributed by atoms with van der Waals surface area (Å²) in [6.45, 7) is 5.58. The largest absolute Gasteiger partial charge is 0.463 e. The van der Waals surface area contributed by atoms with Gasteiger partial charge in [0.05, 0.1) is 22.9 Å². The molecule has 24 heavy (non-hydrogen) atoms. The first-order chi connectivity index (χ1) is 11.6. The zero-order valence-electron chi connectivity index (χ0n) is 13.8. The first kappa shape index (κ1) is 14.9. The van der Waals surface area contributed by atoms with E-state index in [1.54, 1.807) is 18.4 Å². The number of aryl methyl sites for hydroxylation is 1. The van der Waals surface area contributed by atoms with Gasteiger partial charge in [0.25, 0.3) is 11.6 Å². The average molecular weight is 325 g/mol. The smallest absolute Gasteiger partial charge is 0.259 e. The third-order valence-electron chi connectivity index (χ3n) is 4.57. The molecule has 6 heteroatoms. The van der Waals surface area contributed by atoms with Crippen molar-refractivity contribution in [3.8, 4) is 11.5 Å². The molecule has 124 valence electrons. The Balaban J connectivity index is 1.83. The SMILES string of the molecule is Cc1noc2nc(-c3ccco3)cc(C(=O)N3CCCC(C)C3)c12. The number of hydrogen-bond acceptors (Lipinski definition) is 5. The van der Waals surface area contributed by atoms with E-state index in [9.17, 15) is 4.79 Å². The van der Waals surface area contributed by atoms with Crippen molar-refractivity contribution in [2.24, 2.45) is 5.92 Å². The van der Waals surface area contributed by atoms with Gasteiger partial charge in [0.15, 0.2) is 5.76 Å². The van der Waals surface area contributed by atoms with Crippen molar-refractivity contribution >= 4 is 17.0 Å². The number of pyridine rings is 1. The van der Waals surface area contributed by atoms with Crippen LogP contribution in [0.25, 0.3) is 22.6 Å². The number of amides is 1. The van der Waals surface area contributed by atoms with Crippen LogP contribution in [0.1, 0.15) is 35.8 Å². The maximum Gasteiger partial charge on any atom is 0.259 e. The molecule has 6 nitrogen and oxygen atoms in total. The third-order valence-corrected chi connectivity index (χ3v) is 4.57. The number of nitrogens with zero attached hydrogens (tertiary/aromatic N) is 3. The van der Waals surface area contributed by atoms with Gasteiger partial charge >= 0.3 is 0 Å². The van der Waals surface area contributed by atoms with Crippen molar-refractivity contribution in [1.29, 1.82) is 0 Å². The highest BCUT2D eigenvalue weighted by molar-refractivity contribution is 6.06. The fourth-order valence-electron chi connectivity index (χ4n) is 3.36. The summed E-state index contributed by atoms with van der Waals surface area (Å²) >= 11 is 0. The maximum atomic E-state index is 13.1. The number of rotatable bonds is 2. The molecule has 1 unspecified atom stereocenters.